The molecular formula is C34H28ClNO4S. The maximum Gasteiger partial charge on any atom is 0.339 e. The fourth-order valence-electron chi connectivity index (χ4n) is 5.37. The van der Waals surface area contributed by atoms with Crippen molar-refractivity contribution in [3.63, 3.8) is 0 Å². The summed E-state index contributed by atoms with van der Waals surface area (Å²) in [6.07, 6.45) is 2.30. The molecule has 0 radical (unpaired) electrons. The van der Waals surface area contributed by atoms with E-state index in [-0.39, 0.29) is 21.8 Å². The number of nitrogens with zero attached hydrogens (tertiary/aromatic N) is 1. The van der Waals surface area contributed by atoms with E-state index in [0.29, 0.717) is 28.1 Å². The highest BCUT2D eigenvalue weighted by molar-refractivity contribution is 7.87. The van der Waals surface area contributed by atoms with Gasteiger partial charge in [-0.05, 0) is 81.2 Å². The monoisotopic (exact) mass is 581 g/mol. The lowest BCUT2D eigenvalue weighted by Crippen LogP contribution is -2.11. The van der Waals surface area contributed by atoms with Crippen molar-refractivity contribution in [1.82, 2.24) is 4.98 Å². The summed E-state index contributed by atoms with van der Waals surface area (Å²) in [5.74, 6) is 0.221. The number of phenolic OH excluding ortho intramolecular Hbond substituents is 1. The average Bonchev–Trinajstić information content (AvgIpc) is 2.93. The molecule has 0 saturated heterocycles. The number of pyridine rings is 1. The van der Waals surface area contributed by atoms with Gasteiger partial charge in [0.05, 0.1) is 11.1 Å². The molecule has 0 aliphatic carbocycles. The zero-order chi connectivity index (χ0) is 28.9. The van der Waals surface area contributed by atoms with Crippen molar-refractivity contribution < 1.29 is 17.7 Å². The van der Waals surface area contributed by atoms with Crippen molar-refractivity contribution in [2.45, 2.75) is 32.1 Å². The number of benzene rings is 5. The van der Waals surface area contributed by atoms with Crippen molar-refractivity contribution in [3.05, 3.63) is 108 Å². The fourth-order valence-corrected chi connectivity index (χ4v) is 6.51. The van der Waals surface area contributed by atoms with Crippen molar-refractivity contribution >= 4 is 54.0 Å². The highest BCUT2D eigenvalue weighted by Crippen LogP contribution is 2.46. The third kappa shape index (κ3) is 5.09. The van der Waals surface area contributed by atoms with Crippen LogP contribution < -0.4 is 4.18 Å². The number of phenols is 1. The molecule has 7 heteroatoms. The van der Waals surface area contributed by atoms with Gasteiger partial charge in [-0.2, -0.15) is 8.42 Å². The highest BCUT2D eigenvalue weighted by Gasteiger charge is 2.25. The van der Waals surface area contributed by atoms with E-state index in [0.717, 1.165) is 32.5 Å². The lowest BCUT2D eigenvalue weighted by atomic mass is 9.84. The Morgan fingerprint density at radius 3 is 2.32 bits per heavy atom. The Balaban J connectivity index is 1.69. The van der Waals surface area contributed by atoms with Crippen LogP contribution in [-0.2, 0) is 16.5 Å². The Kier molecular flexibility index (Phi) is 6.63. The van der Waals surface area contributed by atoms with Crippen LogP contribution in [0, 0.1) is 5.41 Å². The molecule has 0 aliphatic rings. The second-order valence-electron chi connectivity index (χ2n) is 11.4. The molecule has 0 fully saturated rings. The molecular weight excluding hydrogens is 554 g/mol. The molecule has 0 bridgehead atoms. The van der Waals surface area contributed by atoms with Gasteiger partial charge in [0, 0.05) is 22.3 Å². The van der Waals surface area contributed by atoms with Crippen LogP contribution in [0.3, 0.4) is 0 Å². The molecule has 0 saturated carbocycles. The van der Waals surface area contributed by atoms with Crippen LogP contribution in [-0.4, -0.2) is 18.5 Å². The summed E-state index contributed by atoms with van der Waals surface area (Å²) < 4.78 is 32.7. The highest BCUT2D eigenvalue weighted by atomic mass is 35.5. The number of hydrogen-bond acceptors (Lipinski definition) is 5. The topological polar surface area (TPSA) is 76.5 Å². The summed E-state index contributed by atoms with van der Waals surface area (Å²) in [4.78, 5) is 4.74. The van der Waals surface area contributed by atoms with Gasteiger partial charge in [0.1, 0.15) is 10.6 Å². The van der Waals surface area contributed by atoms with E-state index in [1.54, 1.807) is 42.6 Å². The van der Waals surface area contributed by atoms with Crippen LogP contribution in [0.25, 0.3) is 43.6 Å². The van der Waals surface area contributed by atoms with Gasteiger partial charge in [0.25, 0.3) is 0 Å². The first-order valence-electron chi connectivity index (χ1n) is 13.3. The van der Waals surface area contributed by atoms with E-state index >= 15 is 0 Å². The van der Waals surface area contributed by atoms with Crippen molar-refractivity contribution in [2.24, 2.45) is 5.41 Å². The molecule has 41 heavy (non-hydrogen) atoms. The summed E-state index contributed by atoms with van der Waals surface area (Å²) in [7, 11) is -4.18. The summed E-state index contributed by atoms with van der Waals surface area (Å²) in [5.41, 5.74) is 1.65. The molecule has 1 heterocycles. The number of halogens is 1. The first-order chi connectivity index (χ1) is 19.5. The molecule has 0 unspecified atom stereocenters. The quantitative estimate of drug-likeness (QED) is 0.162. The third-order valence-electron chi connectivity index (χ3n) is 7.11. The minimum Gasteiger partial charge on any atom is -0.507 e. The van der Waals surface area contributed by atoms with Gasteiger partial charge in [0.15, 0.2) is 5.75 Å². The van der Waals surface area contributed by atoms with Crippen LogP contribution in [0.4, 0.5) is 0 Å². The number of hydrogen-bond donors (Lipinski definition) is 1. The lowest BCUT2D eigenvalue weighted by molar-refractivity contribution is 0.397. The first kappa shape index (κ1) is 27.1. The van der Waals surface area contributed by atoms with Crippen LogP contribution in [0.15, 0.2) is 102 Å². The Morgan fingerprint density at radius 2 is 1.56 bits per heavy atom. The molecule has 206 valence electrons. The molecule has 5 aromatic carbocycles. The van der Waals surface area contributed by atoms with Crippen molar-refractivity contribution in [3.8, 4) is 22.8 Å². The lowest BCUT2D eigenvalue weighted by Gasteiger charge is -2.22. The predicted molar refractivity (Wildman–Crippen MR) is 166 cm³/mol. The predicted octanol–water partition coefficient (Wildman–Crippen LogP) is 8.92. The summed E-state index contributed by atoms with van der Waals surface area (Å²) in [5, 5.41) is 17.0. The van der Waals surface area contributed by atoms with Gasteiger partial charge in [-0.3, -0.25) is 4.98 Å². The number of aromatic hydroxyl groups is 1. The maximum atomic E-state index is 13.4. The molecule has 0 aliphatic heterocycles. The van der Waals surface area contributed by atoms with E-state index in [9.17, 15) is 13.5 Å². The maximum absolute atomic E-state index is 13.4. The summed E-state index contributed by atoms with van der Waals surface area (Å²) >= 11 is 6.32. The van der Waals surface area contributed by atoms with Gasteiger partial charge in [0.2, 0.25) is 0 Å². The van der Waals surface area contributed by atoms with Crippen LogP contribution in [0.2, 0.25) is 5.02 Å². The van der Waals surface area contributed by atoms with Gasteiger partial charge >= 0.3 is 10.1 Å². The normalized spacial score (nSPS) is 12.3. The molecule has 6 aromatic rings. The molecule has 1 N–H and O–H groups in total. The fraction of sp³-hybridized carbons (Fsp3) is 0.147. The van der Waals surface area contributed by atoms with Gasteiger partial charge < -0.3 is 9.29 Å². The van der Waals surface area contributed by atoms with E-state index in [1.165, 1.54) is 12.1 Å². The standard InChI is InChI=1S/C34H28ClNO4S/c1-34(2,3)20-29-25-12-8-7-9-21(25)18-28(33(29)37)32-31-27(15-16-36-32)26-14-13-23(35)17-22(26)19-30(31)40-41(38,39)24-10-5-4-6-11-24/h4-19,37H,20H2,1-3H3. The molecule has 1 aromatic heterocycles. The van der Waals surface area contributed by atoms with E-state index in [2.05, 4.69) is 20.8 Å². The third-order valence-corrected chi connectivity index (χ3v) is 8.59. The Labute approximate surface area is 244 Å². The number of aromatic nitrogens is 1. The molecule has 0 atom stereocenters. The number of rotatable bonds is 5. The summed E-state index contributed by atoms with van der Waals surface area (Å²) in [6, 6.07) is 26.8. The van der Waals surface area contributed by atoms with Crippen molar-refractivity contribution in [1.29, 1.82) is 0 Å². The Morgan fingerprint density at radius 1 is 0.829 bits per heavy atom. The van der Waals surface area contributed by atoms with Gasteiger partial charge in [-0.25, -0.2) is 0 Å². The van der Waals surface area contributed by atoms with Crippen LogP contribution in [0.5, 0.6) is 11.5 Å². The Bertz CT molecular complexity index is 2070. The SMILES string of the molecule is CC(C)(C)Cc1c(O)c(-c2nccc3c2c(OS(=O)(=O)c2ccccc2)cc2cc(Cl)ccc23)cc2ccccc12. The second-order valence-corrected chi connectivity index (χ2v) is 13.4. The van der Waals surface area contributed by atoms with Crippen LogP contribution in [0.1, 0.15) is 26.3 Å². The second kappa shape index (κ2) is 10.1. The zero-order valence-corrected chi connectivity index (χ0v) is 24.4. The van der Waals surface area contributed by atoms with Crippen molar-refractivity contribution in [2.75, 3.05) is 0 Å². The minimum absolute atomic E-state index is 0.0331. The molecule has 6 rings (SSSR count). The first-order valence-corrected chi connectivity index (χ1v) is 15.0. The summed E-state index contributed by atoms with van der Waals surface area (Å²) in [6.45, 7) is 6.38. The molecule has 5 nitrogen and oxygen atoms in total. The molecule has 0 amide bonds. The minimum atomic E-state index is -4.18. The largest absolute Gasteiger partial charge is 0.507 e. The van der Waals surface area contributed by atoms with E-state index in [1.807, 2.05) is 42.5 Å². The van der Waals surface area contributed by atoms with Gasteiger partial charge in [-0.1, -0.05) is 80.9 Å². The zero-order valence-electron chi connectivity index (χ0n) is 22.9. The van der Waals surface area contributed by atoms with E-state index in [4.69, 9.17) is 20.8 Å². The smallest absolute Gasteiger partial charge is 0.339 e. The Hall–Kier alpha value is -4.13. The van der Waals surface area contributed by atoms with E-state index < -0.39 is 10.1 Å². The molecule has 0 spiro atoms. The number of fused-ring (bicyclic) bond motifs is 4. The van der Waals surface area contributed by atoms with Gasteiger partial charge in [-0.15, -0.1) is 0 Å². The van der Waals surface area contributed by atoms with Crippen LogP contribution >= 0.6 is 11.6 Å². The average molecular weight is 582 g/mol.